The van der Waals surface area contributed by atoms with E-state index in [1.807, 2.05) is 0 Å². The van der Waals surface area contributed by atoms with Crippen molar-refractivity contribution < 1.29 is 54.2 Å². The van der Waals surface area contributed by atoms with Crippen molar-refractivity contribution >= 4 is 23.5 Å². The van der Waals surface area contributed by atoms with E-state index in [2.05, 4.69) is 4.74 Å². The number of hydrogen-bond donors (Lipinski definition) is 0. The first-order chi connectivity index (χ1) is 15.3. The summed E-state index contributed by atoms with van der Waals surface area (Å²) in [5.74, 6) is -20.0. The van der Waals surface area contributed by atoms with E-state index >= 15 is 0 Å². The summed E-state index contributed by atoms with van der Waals surface area (Å²) in [4.78, 5) is 22.9. The van der Waals surface area contributed by atoms with Gasteiger partial charge in [0, 0.05) is 18.7 Å². The molecule has 0 saturated heterocycles. The van der Waals surface area contributed by atoms with Crippen molar-refractivity contribution in [1.82, 2.24) is 0 Å². The molecule has 4 nitrogen and oxygen atoms in total. The molecule has 0 unspecified atom stereocenters. The van der Waals surface area contributed by atoms with Crippen molar-refractivity contribution in [3.8, 4) is 0 Å². The van der Waals surface area contributed by atoms with Crippen LogP contribution in [0.5, 0.6) is 0 Å². The van der Waals surface area contributed by atoms with Gasteiger partial charge < -0.3 is 9.47 Å². The lowest BCUT2D eigenvalue weighted by Gasteiger charge is -2.31. The predicted molar refractivity (Wildman–Crippen MR) is 104 cm³/mol. The van der Waals surface area contributed by atoms with E-state index in [0.717, 1.165) is 44.9 Å². The monoisotopic (exact) mass is 520 g/mol. The van der Waals surface area contributed by atoms with Crippen LogP contribution < -0.4 is 0 Å². The summed E-state index contributed by atoms with van der Waals surface area (Å²) in [6.45, 7) is -2.35. The van der Waals surface area contributed by atoms with E-state index < -0.39 is 49.2 Å². The molecule has 0 amide bonds. The summed E-state index contributed by atoms with van der Waals surface area (Å²) in [6.07, 6.45) is 1.63. The Labute approximate surface area is 192 Å². The summed E-state index contributed by atoms with van der Waals surface area (Å²) in [5.41, 5.74) is 0. The van der Waals surface area contributed by atoms with Crippen molar-refractivity contribution in [2.45, 2.75) is 94.8 Å². The van der Waals surface area contributed by atoms with Gasteiger partial charge in [0.2, 0.25) is 0 Å². The van der Waals surface area contributed by atoms with Gasteiger partial charge in [-0.25, -0.2) is 8.78 Å². The van der Waals surface area contributed by atoms with Crippen LogP contribution in [-0.2, 0) is 19.1 Å². The molecule has 0 atom stereocenters. The van der Waals surface area contributed by atoms with Gasteiger partial charge in [0.25, 0.3) is 0 Å². The average molecular weight is 521 g/mol. The fraction of sp³-hybridized carbons (Fsp3) is 0.900. The number of carbonyl (C=O) groups excluding carboxylic acids is 2. The van der Waals surface area contributed by atoms with Crippen molar-refractivity contribution in [1.29, 1.82) is 0 Å². The highest BCUT2D eigenvalue weighted by Gasteiger charge is 2.75. The summed E-state index contributed by atoms with van der Waals surface area (Å²) in [7, 11) is 0. The normalized spacial score (nSPS) is 12.8. The van der Waals surface area contributed by atoms with Crippen LogP contribution in [0.3, 0.4) is 0 Å². The highest BCUT2D eigenvalue weighted by atomic mass is 35.5. The minimum Gasteiger partial charge on any atom is -0.466 e. The molecule has 0 radical (unpaired) electrons. The Bertz CT molecular complexity index is 576. The van der Waals surface area contributed by atoms with Gasteiger partial charge in [0.15, 0.2) is 6.61 Å². The molecule has 33 heavy (non-hydrogen) atoms. The highest BCUT2D eigenvalue weighted by Crippen LogP contribution is 2.48. The molecule has 0 aliphatic rings. The van der Waals surface area contributed by atoms with Gasteiger partial charge in [-0.15, -0.1) is 11.6 Å². The molecule has 0 aromatic carbocycles. The molecule has 0 aromatic rings. The highest BCUT2D eigenvalue weighted by molar-refractivity contribution is 6.17. The van der Waals surface area contributed by atoms with Crippen LogP contribution in [0.25, 0.3) is 0 Å². The zero-order valence-corrected chi connectivity index (χ0v) is 18.8. The maximum atomic E-state index is 13.3. The number of halogens is 9. The topological polar surface area (TPSA) is 52.6 Å². The summed E-state index contributed by atoms with van der Waals surface area (Å²) in [6, 6.07) is 0. The molecule has 0 aliphatic heterocycles. The zero-order chi connectivity index (χ0) is 25.5. The van der Waals surface area contributed by atoms with E-state index in [1.54, 1.807) is 0 Å². The van der Waals surface area contributed by atoms with Crippen LogP contribution in [0.1, 0.15) is 70.6 Å². The minimum atomic E-state index is -6.44. The Hall–Kier alpha value is -1.33. The molecule has 0 N–H and O–H groups in total. The van der Waals surface area contributed by atoms with E-state index in [1.165, 1.54) is 0 Å². The van der Waals surface area contributed by atoms with Crippen LogP contribution >= 0.6 is 11.6 Å². The van der Waals surface area contributed by atoms with E-state index in [0.29, 0.717) is 12.3 Å². The number of carbonyl (C=O) groups is 2. The summed E-state index contributed by atoms with van der Waals surface area (Å²) in [5, 5.41) is 0. The SMILES string of the molecule is O=C(CCCC(=O)OCC(F)(F)C(F)(F)C(F)(F)C(F)F)OCCCCCCCCCCCl. The fourth-order valence-corrected chi connectivity index (χ4v) is 2.80. The van der Waals surface area contributed by atoms with Gasteiger partial charge >= 0.3 is 36.1 Å². The second-order valence-electron chi connectivity index (χ2n) is 7.45. The van der Waals surface area contributed by atoms with Crippen LogP contribution in [0.2, 0.25) is 0 Å². The first-order valence-corrected chi connectivity index (χ1v) is 11.1. The first-order valence-electron chi connectivity index (χ1n) is 10.6. The standard InChI is InChI=1S/C20H29ClF8O4/c21-12-7-5-3-1-2-4-6-8-13-32-15(30)10-9-11-16(31)33-14-18(24,25)20(28,29)19(26,27)17(22)23/h17H,1-14H2. The molecule has 0 saturated carbocycles. The largest absolute Gasteiger partial charge is 0.466 e. The van der Waals surface area contributed by atoms with Gasteiger partial charge in [-0.2, -0.15) is 26.3 Å². The molecular formula is C20H29ClF8O4. The number of hydrogen-bond acceptors (Lipinski definition) is 4. The maximum Gasteiger partial charge on any atom is 0.381 e. The summed E-state index contributed by atoms with van der Waals surface area (Å²) >= 11 is 5.58. The van der Waals surface area contributed by atoms with Crippen molar-refractivity contribution in [3.05, 3.63) is 0 Å². The molecule has 0 aliphatic carbocycles. The molecule has 0 heterocycles. The third-order valence-corrected chi connectivity index (χ3v) is 4.89. The van der Waals surface area contributed by atoms with Crippen molar-refractivity contribution in [2.24, 2.45) is 0 Å². The second kappa shape index (κ2) is 15.5. The zero-order valence-electron chi connectivity index (χ0n) is 18.0. The average Bonchev–Trinajstić information content (AvgIpc) is 2.73. The molecule has 0 aromatic heterocycles. The van der Waals surface area contributed by atoms with Crippen molar-refractivity contribution in [3.63, 3.8) is 0 Å². The predicted octanol–water partition coefficient (Wildman–Crippen LogP) is 6.77. The minimum absolute atomic E-state index is 0.162. The Kier molecular flexibility index (Phi) is 14.9. The van der Waals surface area contributed by atoms with Gasteiger partial charge in [-0.1, -0.05) is 38.5 Å². The van der Waals surface area contributed by atoms with E-state index in [-0.39, 0.29) is 19.4 Å². The Balaban J connectivity index is 3.99. The number of alkyl halides is 9. The molecular weight excluding hydrogens is 492 g/mol. The maximum absolute atomic E-state index is 13.3. The number of rotatable bonds is 19. The van der Waals surface area contributed by atoms with Gasteiger partial charge in [0.05, 0.1) is 6.61 Å². The van der Waals surface area contributed by atoms with E-state index in [4.69, 9.17) is 16.3 Å². The molecule has 0 bridgehead atoms. The van der Waals surface area contributed by atoms with Crippen LogP contribution in [0, 0.1) is 0 Å². The van der Waals surface area contributed by atoms with Gasteiger partial charge in [-0.3, -0.25) is 9.59 Å². The molecule has 0 spiro atoms. The molecule has 196 valence electrons. The molecule has 13 heteroatoms. The lowest BCUT2D eigenvalue weighted by Crippen LogP contribution is -2.59. The van der Waals surface area contributed by atoms with Crippen molar-refractivity contribution in [2.75, 3.05) is 19.1 Å². The fourth-order valence-electron chi connectivity index (χ4n) is 2.61. The Morgan fingerprint density at radius 2 is 1.15 bits per heavy atom. The number of unbranched alkanes of at least 4 members (excludes halogenated alkanes) is 7. The smallest absolute Gasteiger partial charge is 0.381 e. The van der Waals surface area contributed by atoms with Crippen LogP contribution in [-0.4, -0.2) is 55.2 Å². The Morgan fingerprint density at radius 3 is 1.64 bits per heavy atom. The Morgan fingerprint density at radius 1 is 0.697 bits per heavy atom. The third-order valence-electron chi connectivity index (χ3n) is 4.62. The lowest BCUT2D eigenvalue weighted by atomic mass is 10.1. The second-order valence-corrected chi connectivity index (χ2v) is 7.83. The molecule has 0 rings (SSSR count). The first kappa shape index (κ1) is 31.7. The molecule has 0 fully saturated rings. The number of esters is 2. The van der Waals surface area contributed by atoms with Gasteiger partial charge in [0.1, 0.15) is 0 Å². The number of ether oxygens (including phenoxy) is 2. The lowest BCUT2D eigenvalue weighted by molar-refractivity contribution is -0.344. The quantitative estimate of drug-likeness (QED) is 0.0816. The van der Waals surface area contributed by atoms with Crippen LogP contribution in [0.4, 0.5) is 35.1 Å². The van der Waals surface area contributed by atoms with E-state index in [9.17, 15) is 44.7 Å². The summed E-state index contributed by atoms with van der Waals surface area (Å²) < 4.78 is 111. The van der Waals surface area contributed by atoms with Crippen LogP contribution in [0.15, 0.2) is 0 Å². The van der Waals surface area contributed by atoms with Gasteiger partial charge in [-0.05, 0) is 19.3 Å². The third kappa shape index (κ3) is 11.6.